The number of amides is 1. The van der Waals surface area contributed by atoms with Gasteiger partial charge in [-0.25, -0.2) is 17.1 Å². The van der Waals surface area contributed by atoms with E-state index in [1.807, 2.05) is 12.1 Å². The van der Waals surface area contributed by atoms with Crippen LogP contribution in [0.25, 0.3) is 0 Å². The lowest BCUT2D eigenvalue weighted by Gasteiger charge is -2.30. The molecule has 0 spiro atoms. The second kappa shape index (κ2) is 9.82. The van der Waals surface area contributed by atoms with E-state index in [1.165, 1.54) is 16.4 Å². The first-order valence-electron chi connectivity index (χ1n) is 9.58. The van der Waals surface area contributed by atoms with Gasteiger partial charge in [0.25, 0.3) is 0 Å². The summed E-state index contributed by atoms with van der Waals surface area (Å²) in [6.45, 7) is 1.19. The number of hydrogen-bond donors (Lipinski definition) is 1. The number of nitrogens with one attached hydrogen (secondary N) is 1. The molecule has 1 amide bonds. The molecule has 1 aliphatic heterocycles. The van der Waals surface area contributed by atoms with Crippen molar-refractivity contribution in [2.24, 2.45) is 5.92 Å². The first-order chi connectivity index (χ1) is 13.8. The minimum Gasteiger partial charge on any atom is -0.356 e. The highest BCUT2D eigenvalue weighted by molar-refractivity contribution is 9.10. The SMILES string of the molecule is O=C(NCCc1ccc(F)cc1)C1CCN(S(=O)(=O)Cc2cccc(Br)c2)CC1. The molecule has 156 valence electrons. The minimum atomic E-state index is -3.41. The van der Waals surface area contributed by atoms with Crippen LogP contribution in [-0.4, -0.2) is 38.3 Å². The predicted molar refractivity (Wildman–Crippen MR) is 114 cm³/mol. The van der Waals surface area contributed by atoms with Crippen LogP contribution in [0.2, 0.25) is 0 Å². The normalized spacial score (nSPS) is 15.9. The monoisotopic (exact) mass is 482 g/mol. The van der Waals surface area contributed by atoms with Crippen molar-refractivity contribution in [2.75, 3.05) is 19.6 Å². The molecule has 0 aromatic heterocycles. The summed E-state index contributed by atoms with van der Waals surface area (Å²) in [5.74, 6) is -0.544. The summed E-state index contributed by atoms with van der Waals surface area (Å²) in [5.41, 5.74) is 1.69. The van der Waals surface area contributed by atoms with E-state index in [-0.39, 0.29) is 23.4 Å². The van der Waals surface area contributed by atoms with Gasteiger partial charge in [-0.3, -0.25) is 4.79 Å². The quantitative estimate of drug-likeness (QED) is 0.656. The van der Waals surface area contributed by atoms with E-state index in [4.69, 9.17) is 0 Å². The van der Waals surface area contributed by atoms with Gasteiger partial charge < -0.3 is 5.32 Å². The fraction of sp³-hybridized carbons (Fsp3) is 0.381. The van der Waals surface area contributed by atoms with Crippen molar-refractivity contribution in [3.05, 3.63) is 69.9 Å². The Morgan fingerprint density at radius 2 is 1.79 bits per heavy atom. The van der Waals surface area contributed by atoms with E-state index < -0.39 is 10.0 Å². The maximum Gasteiger partial charge on any atom is 0.223 e. The molecule has 1 saturated heterocycles. The Kier molecular flexibility index (Phi) is 7.43. The highest BCUT2D eigenvalue weighted by atomic mass is 79.9. The first kappa shape index (κ1) is 21.9. The van der Waals surface area contributed by atoms with E-state index in [9.17, 15) is 17.6 Å². The molecule has 2 aromatic rings. The van der Waals surface area contributed by atoms with E-state index in [0.29, 0.717) is 38.9 Å². The molecule has 0 bridgehead atoms. The summed E-state index contributed by atoms with van der Waals surface area (Å²) in [4.78, 5) is 12.4. The van der Waals surface area contributed by atoms with Crippen LogP contribution in [-0.2, 0) is 27.0 Å². The molecular weight excluding hydrogens is 459 g/mol. The Hall–Kier alpha value is -1.77. The van der Waals surface area contributed by atoms with E-state index >= 15 is 0 Å². The molecule has 0 saturated carbocycles. The number of rotatable bonds is 7. The van der Waals surface area contributed by atoms with Crippen molar-refractivity contribution in [1.82, 2.24) is 9.62 Å². The van der Waals surface area contributed by atoms with Crippen LogP contribution < -0.4 is 5.32 Å². The Bertz CT molecular complexity index is 943. The molecule has 1 fully saturated rings. The van der Waals surface area contributed by atoms with Gasteiger partial charge in [-0.1, -0.05) is 40.2 Å². The molecule has 0 aliphatic carbocycles. The summed E-state index contributed by atoms with van der Waals surface area (Å²) >= 11 is 3.36. The smallest absolute Gasteiger partial charge is 0.223 e. The van der Waals surface area contributed by atoms with Crippen LogP contribution in [0.3, 0.4) is 0 Å². The van der Waals surface area contributed by atoms with Gasteiger partial charge in [-0.05, 0) is 54.7 Å². The third-order valence-corrected chi connectivity index (χ3v) is 7.43. The van der Waals surface area contributed by atoms with Gasteiger partial charge in [0.1, 0.15) is 5.82 Å². The average Bonchev–Trinajstić information content (AvgIpc) is 2.69. The number of hydrogen-bond acceptors (Lipinski definition) is 3. The maximum atomic E-state index is 12.9. The lowest BCUT2D eigenvalue weighted by molar-refractivity contribution is -0.126. The number of nitrogens with zero attached hydrogens (tertiary/aromatic N) is 1. The second-order valence-electron chi connectivity index (χ2n) is 7.23. The Morgan fingerprint density at radius 1 is 1.10 bits per heavy atom. The van der Waals surface area contributed by atoms with Crippen molar-refractivity contribution in [1.29, 1.82) is 0 Å². The summed E-state index contributed by atoms with van der Waals surface area (Å²) in [6, 6.07) is 13.5. The molecule has 29 heavy (non-hydrogen) atoms. The van der Waals surface area contributed by atoms with Gasteiger partial charge in [0, 0.05) is 30.0 Å². The standard InChI is InChI=1S/C21H24BrFN2O3S/c22-19-3-1-2-17(14-19)15-29(27,28)25-12-9-18(10-13-25)21(26)24-11-8-16-4-6-20(23)7-5-16/h1-7,14,18H,8-13,15H2,(H,24,26). The van der Waals surface area contributed by atoms with Crippen molar-refractivity contribution >= 4 is 31.9 Å². The predicted octanol–water partition coefficient (Wildman–Crippen LogP) is 3.49. The Labute approximate surface area is 179 Å². The maximum absolute atomic E-state index is 12.9. The number of halogens is 2. The van der Waals surface area contributed by atoms with Crippen LogP contribution >= 0.6 is 15.9 Å². The molecule has 1 aliphatic rings. The molecule has 1 N–H and O–H groups in total. The average molecular weight is 483 g/mol. The summed E-state index contributed by atoms with van der Waals surface area (Å²) in [6.07, 6.45) is 1.66. The van der Waals surface area contributed by atoms with Gasteiger partial charge in [0.15, 0.2) is 0 Å². The van der Waals surface area contributed by atoms with E-state index in [1.54, 1.807) is 24.3 Å². The van der Waals surface area contributed by atoms with Gasteiger partial charge >= 0.3 is 0 Å². The molecular formula is C21H24BrFN2O3S. The first-order valence-corrected chi connectivity index (χ1v) is 12.0. The number of piperidine rings is 1. The lowest BCUT2D eigenvalue weighted by atomic mass is 9.97. The van der Waals surface area contributed by atoms with E-state index in [0.717, 1.165) is 15.6 Å². The zero-order chi connectivity index (χ0) is 20.9. The van der Waals surface area contributed by atoms with Crippen LogP contribution in [0.1, 0.15) is 24.0 Å². The number of sulfonamides is 1. The Morgan fingerprint density at radius 3 is 2.45 bits per heavy atom. The minimum absolute atomic E-state index is 0.0407. The lowest BCUT2D eigenvalue weighted by Crippen LogP contribution is -2.43. The summed E-state index contributed by atoms with van der Waals surface area (Å²) < 4.78 is 40.6. The summed E-state index contributed by atoms with van der Waals surface area (Å²) in [7, 11) is -3.41. The van der Waals surface area contributed by atoms with E-state index in [2.05, 4.69) is 21.2 Å². The molecule has 1 heterocycles. The topological polar surface area (TPSA) is 66.5 Å². The number of carbonyl (C=O) groups is 1. The zero-order valence-corrected chi connectivity index (χ0v) is 18.4. The fourth-order valence-electron chi connectivity index (χ4n) is 3.45. The van der Waals surface area contributed by atoms with Crippen molar-refractivity contribution in [3.8, 4) is 0 Å². The van der Waals surface area contributed by atoms with Crippen LogP contribution in [0.5, 0.6) is 0 Å². The summed E-state index contributed by atoms with van der Waals surface area (Å²) in [5, 5.41) is 2.91. The van der Waals surface area contributed by atoms with Crippen molar-refractivity contribution in [3.63, 3.8) is 0 Å². The van der Waals surface area contributed by atoms with Crippen LogP contribution in [0.15, 0.2) is 53.0 Å². The van der Waals surface area contributed by atoms with Gasteiger partial charge in [-0.15, -0.1) is 0 Å². The van der Waals surface area contributed by atoms with Crippen LogP contribution in [0, 0.1) is 11.7 Å². The molecule has 0 radical (unpaired) electrons. The number of carbonyl (C=O) groups excluding carboxylic acids is 1. The van der Waals surface area contributed by atoms with Crippen LogP contribution in [0.4, 0.5) is 4.39 Å². The molecule has 2 aromatic carbocycles. The highest BCUT2D eigenvalue weighted by Gasteiger charge is 2.31. The number of benzene rings is 2. The highest BCUT2D eigenvalue weighted by Crippen LogP contribution is 2.22. The van der Waals surface area contributed by atoms with Gasteiger partial charge in [0.05, 0.1) is 5.75 Å². The third-order valence-electron chi connectivity index (χ3n) is 5.08. The Balaban J connectivity index is 1.45. The van der Waals surface area contributed by atoms with Crippen molar-refractivity contribution in [2.45, 2.75) is 25.0 Å². The fourth-order valence-corrected chi connectivity index (χ4v) is 5.45. The zero-order valence-electron chi connectivity index (χ0n) is 16.0. The largest absolute Gasteiger partial charge is 0.356 e. The molecule has 0 unspecified atom stereocenters. The molecule has 3 rings (SSSR count). The molecule has 8 heteroatoms. The molecule has 0 atom stereocenters. The second-order valence-corrected chi connectivity index (χ2v) is 10.1. The molecule has 5 nitrogen and oxygen atoms in total. The van der Waals surface area contributed by atoms with Gasteiger partial charge in [-0.2, -0.15) is 0 Å². The third kappa shape index (κ3) is 6.35. The van der Waals surface area contributed by atoms with Crippen molar-refractivity contribution < 1.29 is 17.6 Å². The van der Waals surface area contributed by atoms with Gasteiger partial charge in [0.2, 0.25) is 15.9 Å².